The smallest absolute Gasteiger partial charge is 0.318 e. The summed E-state index contributed by atoms with van der Waals surface area (Å²) in [5.74, 6) is 0.356. The average Bonchev–Trinajstić information content (AvgIpc) is 2.74. The van der Waals surface area contributed by atoms with Crippen LogP contribution in [0.4, 0.5) is 4.79 Å². The summed E-state index contributed by atoms with van der Waals surface area (Å²) in [6, 6.07) is 1.97. The van der Waals surface area contributed by atoms with Crippen molar-refractivity contribution in [1.82, 2.24) is 10.2 Å². The third-order valence-corrected chi connectivity index (χ3v) is 4.43. The number of hydrogen-bond donors (Lipinski definition) is 1. The molecule has 0 spiro atoms. The fourth-order valence-corrected chi connectivity index (χ4v) is 3.22. The lowest BCUT2D eigenvalue weighted by molar-refractivity contribution is 0.191. The van der Waals surface area contributed by atoms with Gasteiger partial charge in [-0.05, 0) is 31.6 Å². The Bertz CT molecular complexity index is 323. The molecule has 1 aliphatic carbocycles. The van der Waals surface area contributed by atoms with Crippen molar-refractivity contribution in [3.8, 4) is 6.07 Å². The molecule has 0 radical (unpaired) electrons. The summed E-state index contributed by atoms with van der Waals surface area (Å²) >= 11 is 0. The number of nitrogens with zero attached hydrogens (tertiary/aromatic N) is 2. The number of likely N-dealkylation sites (tertiary alicyclic amines) is 1. The van der Waals surface area contributed by atoms with Crippen LogP contribution in [-0.4, -0.2) is 30.1 Å². The SMILES string of the molecule is N#CC(NC(=O)N1CCCCCC1)C1CCCCC1. The average molecular weight is 263 g/mol. The molecule has 2 amide bonds. The van der Waals surface area contributed by atoms with E-state index >= 15 is 0 Å². The molecular weight excluding hydrogens is 238 g/mol. The predicted molar refractivity (Wildman–Crippen MR) is 74.5 cm³/mol. The van der Waals surface area contributed by atoms with Gasteiger partial charge in [0.05, 0.1) is 6.07 Å². The first kappa shape index (κ1) is 14.2. The number of urea groups is 1. The van der Waals surface area contributed by atoms with Crippen LogP contribution in [0, 0.1) is 17.2 Å². The molecule has 2 fully saturated rings. The molecule has 1 N–H and O–H groups in total. The summed E-state index contributed by atoms with van der Waals surface area (Å²) in [5, 5.41) is 12.3. The molecule has 1 atom stereocenters. The zero-order valence-electron chi connectivity index (χ0n) is 11.7. The number of nitriles is 1. The van der Waals surface area contributed by atoms with E-state index in [1.54, 1.807) is 0 Å². The van der Waals surface area contributed by atoms with Gasteiger partial charge in [0, 0.05) is 13.1 Å². The fraction of sp³-hybridized carbons (Fsp3) is 0.867. The van der Waals surface area contributed by atoms with E-state index < -0.39 is 0 Å². The molecule has 0 aromatic heterocycles. The number of nitrogens with one attached hydrogen (secondary N) is 1. The quantitative estimate of drug-likeness (QED) is 0.832. The molecule has 0 aromatic rings. The number of carbonyl (C=O) groups is 1. The molecule has 1 unspecified atom stereocenters. The number of carbonyl (C=O) groups excluding carboxylic acids is 1. The highest BCUT2D eigenvalue weighted by molar-refractivity contribution is 5.75. The van der Waals surface area contributed by atoms with Crippen LogP contribution < -0.4 is 5.32 Å². The van der Waals surface area contributed by atoms with E-state index in [-0.39, 0.29) is 12.1 Å². The van der Waals surface area contributed by atoms with Gasteiger partial charge in [0.1, 0.15) is 6.04 Å². The highest BCUT2D eigenvalue weighted by Crippen LogP contribution is 2.26. The van der Waals surface area contributed by atoms with Crippen LogP contribution in [0.5, 0.6) is 0 Å². The second-order valence-electron chi connectivity index (χ2n) is 5.86. The van der Waals surface area contributed by atoms with E-state index in [0.717, 1.165) is 38.8 Å². The third kappa shape index (κ3) is 4.12. The van der Waals surface area contributed by atoms with Crippen molar-refractivity contribution in [3.05, 3.63) is 0 Å². The molecule has 1 saturated carbocycles. The van der Waals surface area contributed by atoms with Crippen molar-refractivity contribution in [2.45, 2.75) is 63.8 Å². The van der Waals surface area contributed by atoms with Crippen LogP contribution in [-0.2, 0) is 0 Å². The summed E-state index contributed by atoms with van der Waals surface area (Å²) in [6.45, 7) is 1.68. The maximum atomic E-state index is 12.2. The van der Waals surface area contributed by atoms with Gasteiger partial charge in [0.25, 0.3) is 0 Å². The topological polar surface area (TPSA) is 56.1 Å². The molecule has 1 aliphatic heterocycles. The lowest BCUT2D eigenvalue weighted by Gasteiger charge is -2.29. The standard InChI is InChI=1S/C15H25N3O/c16-12-14(13-8-4-3-5-9-13)17-15(19)18-10-6-1-2-7-11-18/h13-14H,1-11H2,(H,17,19). The maximum absolute atomic E-state index is 12.2. The summed E-state index contributed by atoms with van der Waals surface area (Å²) in [7, 11) is 0. The van der Waals surface area contributed by atoms with Crippen LogP contribution >= 0.6 is 0 Å². The van der Waals surface area contributed by atoms with Crippen LogP contribution in [0.1, 0.15) is 57.8 Å². The zero-order chi connectivity index (χ0) is 13.5. The van der Waals surface area contributed by atoms with E-state index in [2.05, 4.69) is 11.4 Å². The van der Waals surface area contributed by atoms with Crippen LogP contribution in [0.25, 0.3) is 0 Å². The van der Waals surface area contributed by atoms with Gasteiger partial charge in [-0.15, -0.1) is 0 Å². The van der Waals surface area contributed by atoms with Gasteiger partial charge >= 0.3 is 6.03 Å². The Labute approximate surface area is 116 Å². The molecule has 106 valence electrons. The highest BCUT2D eigenvalue weighted by atomic mass is 16.2. The normalized spacial score (nSPS) is 23.2. The van der Waals surface area contributed by atoms with Crippen molar-refractivity contribution in [3.63, 3.8) is 0 Å². The summed E-state index contributed by atoms with van der Waals surface area (Å²) < 4.78 is 0. The molecular formula is C15H25N3O. The second-order valence-corrected chi connectivity index (χ2v) is 5.86. The van der Waals surface area contributed by atoms with Gasteiger partial charge in [0.15, 0.2) is 0 Å². The van der Waals surface area contributed by atoms with Crippen molar-refractivity contribution in [1.29, 1.82) is 5.26 Å². The first-order valence-electron chi connectivity index (χ1n) is 7.76. The van der Waals surface area contributed by atoms with Gasteiger partial charge in [-0.25, -0.2) is 4.79 Å². The lowest BCUT2D eigenvalue weighted by atomic mass is 9.84. The molecule has 19 heavy (non-hydrogen) atoms. The van der Waals surface area contributed by atoms with Crippen molar-refractivity contribution in [2.75, 3.05) is 13.1 Å². The molecule has 4 nitrogen and oxygen atoms in total. The monoisotopic (exact) mass is 263 g/mol. The maximum Gasteiger partial charge on any atom is 0.318 e. The lowest BCUT2D eigenvalue weighted by Crippen LogP contribution is -2.47. The zero-order valence-corrected chi connectivity index (χ0v) is 11.7. The van der Waals surface area contributed by atoms with Crippen LogP contribution in [0.3, 0.4) is 0 Å². The number of amides is 2. The summed E-state index contributed by atoms with van der Waals surface area (Å²) in [5.41, 5.74) is 0. The van der Waals surface area contributed by atoms with E-state index in [0.29, 0.717) is 5.92 Å². The molecule has 1 heterocycles. The predicted octanol–water partition coefficient (Wildman–Crippen LogP) is 3.04. The molecule has 2 rings (SSSR count). The Morgan fingerprint density at radius 1 is 1.05 bits per heavy atom. The van der Waals surface area contributed by atoms with Gasteiger partial charge < -0.3 is 10.2 Å². The van der Waals surface area contributed by atoms with E-state index in [1.807, 2.05) is 4.90 Å². The molecule has 1 saturated heterocycles. The van der Waals surface area contributed by atoms with Gasteiger partial charge in [0.2, 0.25) is 0 Å². The van der Waals surface area contributed by atoms with Crippen LogP contribution in [0.15, 0.2) is 0 Å². The Morgan fingerprint density at radius 2 is 1.63 bits per heavy atom. The molecule has 0 bridgehead atoms. The Kier molecular flexibility index (Phi) is 5.50. The van der Waals surface area contributed by atoms with Crippen molar-refractivity contribution in [2.24, 2.45) is 5.92 Å². The Hall–Kier alpha value is -1.24. The minimum absolute atomic E-state index is 0.0287. The minimum atomic E-state index is -0.295. The van der Waals surface area contributed by atoms with Crippen molar-refractivity contribution >= 4 is 6.03 Å². The Balaban J connectivity index is 1.86. The third-order valence-electron chi connectivity index (χ3n) is 4.43. The molecule has 4 heteroatoms. The number of rotatable bonds is 2. The second kappa shape index (κ2) is 7.37. The van der Waals surface area contributed by atoms with Gasteiger partial charge in [-0.2, -0.15) is 5.26 Å². The fourth-order valence-electron chi connectivity index (χ4n) is 3.22. The first-order valence-corrected chi connectivity index (χ1v) is 7.76. The van der Waals surface area contributed by atoms with Crippen molar-refractivity contribution < 1.29 is 4.79 Å². The summed E-state index contributed by atoms with van der Waals surface area (Å²) in [4.78, 5) is 14.1. The first-order chi connectivity index (χ1) is 9.31. The van der Waals surface area contributed by atoms with E-state index in [9.17, 15) is 10.1 Å². The molecule has 0 aromatic carbocycles. The van der Waals surface area contributed by atoms with Gasteiger partial charge in [-0.1, -0.05) is 32.1 Å². The van der Waals surface area contributed by atoms with E-state index in [1.165, 1.54) is 32.1 Å². The minimum Gasteiger partial charge on any atom is -0.325 e. The highest BCUT2D eigenvalue weighted by Gasteiger charge is 2.26. The summed E-state index contributed by atoms with van der Waals surface area (Å²) in [6.07, 6.45) is 10.4. The van der Waals surface area contributed by atoms with Crippen LogP contribution in [0.2, 0.25) is 0 Å². The number of hydrogen-bond acceptors (Lipinski definition) is 2. The molecule has 2 aliphatic rings. The Morgan fingerprint density at radius 3 is 2.21 bits per heavy atom. The largest absolute Gasteiger partial charge is 0.325 e. The van der Waals surface area contributed by atoms with Gasteiger partial charge in [-0.3, -0.25) is 0 Å². The van der Waals surface area contributed by atoms with E-state index in [4.69, 9.17) is 0 Å².